The van der Waals surface area contributed by atoms with Crippen LogP contribution in [0.2, 0.25) is 5.02 Å². The summed E-state index contributed by atoms with van der Waals surface area (Å²) in [5, 5.41) is 0.860. The Labute approximate surface area is 227 Å². The second-order valence-electron chi connectivity index (χ2n) is 9.31. The molecular weight excluding hydrogens is 558 g/mol. The first-order valence-corrected chi connectivity index (χ1v) is 13.1. The van der Waals surface area contributed by atoms with E-state index in [1.807, 2.05) is 12.1 Å². The number of amides is 1. The molecule has 5 rings (SSSR count). The number of methoxy groups -OCH3 is 1. The van der Waals surface area contributed by atoms with Gasteiger partial charge in [0.1, 0.15) is 5.58 Å². The Morgan fingerprint density at radius 3 is 2.59 bits per heavy atom. The lowest BCUT2D eigenvalue weighted by Crippen LogP contribution is -2.29. The molecule has 37 heavy (non-hydrogen) atoms. The third-order valence-electron chi connectivity index (χ3n) is 6.37. The van der Waals surface area contributed by atoms with Gasteiger partial charge in [0.2, 0.25) is 5.76 Å². The number of fused-ring (bicyclic) bond motifs is 2. The van der Waals surface area contributed by atoms with Gasteiger partial charge in [0.05, 0.1) is 30.7 Å². The van der Waals surface area contributed by atoms with Gasteiger partial charge in [0.25, 0.3) is 5.91 Å². The molecular formula is C29H25BrClNO5. The first kappa shape index (κ1) is 25.4. The summed E-state index contributed by atoms with van der Waals surface area (Å²) in [5.74, 6) is 1.22. The molecule has 1 unspecified atom stereocenters. The summed E-state index contributed by atoms with van der Waals surface area (Å²) in [5.41, 5.74) is 1.58. The summed E-state index contributed by atoms with van der Waals surface area (Å²) in [4.78, 5) is 29.1. The van der Waals surface area contributed by atoms with Crippen molar-refractivity contribution < 1.29 is 18.7 Å². The van der Waals surface area contributed by atoms with Crippen LogP contribution in [0.4, 0.5) is 5.69 Å². The molecule has 3 aromatic carbocycles. The van der Waals surface area contributed by atoms with Crippen molar-refractivity contribution in [3.05, 3.63) is 97.3 Å². The topological polar surface area (TPSA) is 69.0 Å². The first-order chi connectivity index (χ1) is 17.8. The number of nitrogens with zero attached hydrogens (tertiary/aromatic N) is 1. The number of ether oxygens (including phenoxy) is 2. The average Bonchev–Trinajstić information content (AvgIpc) is 3.17. The lowest BCUT2D eigenvalue weighted by atomic mass is 9.97. The quantitative estimate of drug-likeness (QED) is 0.227. The van der Waals surface area contributed by atoms with E-state index in [4.69, 9.17) is 25.5 Å². The molecule has 1 atom stereocenters. The minimum atomic E-state index is -0.751. The van der Waals surface area contributed by atoms with Gasteiger partial charge in [-0.2, -0.15) is 0 Å². The van der Waals surface area contributed by atoms with Crippen molar-refractivity contribution in [3.8, 4) is 11.5 Å². The number of hydrogen-bond donors (Lipinski definition) is 0. The van der Waals surface area contributed by atoms with Gasteiger partial charge in [-0.1, -0.05) is 53.5 Å². The minimum absolute atomic E-state index is 0.0148. The third-order valence-corrected chi connectivity index (χ3v) is 7.10. The zero-order chi connectivity index (χ0) is 26.3. The zero-order valence-corrected chi connectivity index (χ0v) is 22.9. The number of hydrogen-bond acceptors (Lipinski definition) is 5. The van der Waals surface area contributed by atoms with Crippen LogP contribution in [-0.4, -0.2) is 19.6 Å². The monoisotopic (exact) mass is 581 g/mol. The van der Waals surface area contributed by atoms with Crippen LogP contribution in [0, 0.1) is 5.92 Å². The average molecular weight is 583 g/mol. The first-order valence-electron chi connectivity index (χ1n) is 11.9. The fourth-order valence-electron chi connectivity index (χ4n) is 4.53. The van der Waals surface area contributed by atoms with E-state index in [1.54, 1.807) is 60.5 Å². The molecule has 2 heterocycles. The molecule has 0 N–H and O–H groups in total. The maximum Gasteiger partial charge on any atom is 0.295 e. The number of carbonyl (C=O) groups excluding carboxylic acids is 1. The normalized spacial score (nSPS) is 14.9. The number of rotatable bonds is 7. The smallest absolute Gasteiger partial charge is 0.295 e. The Morgan fingerprint density at radius 2 is 1.86 bits per heavy atom. The van der Waals surface area contributed by atoms with Crippen LogP contribution in [0.1, 0.15) is 48.0 Å². The van der Waals surface area contributed by atoms with Gasteiger partial charge >= 0.3 is 0 Å². The predicted octanol–water partition coefficient (Wildman–Crippen LogP) is 7.39. The van der Waals surface area contributed by atoms with Gasteiger partial charge in [0, 0.05) is 15.2 Å². The molecule has 6 nitrogen and oxygen atoms in total. The second kappa shape index (κ2) is 10.2. The molecule has 1 aromatic heterocycles. The van der Waals surface area contributed by atoms with Crippen LogP contribution in [-0.2, 0) is 0 Å². The summed E-state index contributed by atoms with van der Waals surface area (Å²) in [6.07, 6.45) is 0.904. The van der Waals surface area contributed by atoms with Crippen LogP contribution in [0.3, 0.4) is 0 Å². The van der Waals surface area contributed by atoms with E-state index in [-0.39, 0.29) is 16.8 Å². The summed E-state index contributed by atoms with van der Waals surface area (Å²) < 4.78 is 18.4. The molecule has 0 bridgehead atoms. The van der Waals surface area contributed by atoms with Gasteiger partial charge in [-0.05, 0) is 66.4 Å². The second-order valence-corrected chi connectivity index (χ2v) is 10.7. The number of carbonyl (C=O) groups is 1. The summed E-state index contributed by atoms with van der Waals surface area (Å²) in [6, 6.07) is 16.8. The lowest BCUT2D eigenvalue weighted by Gasteiger charge is -2.26. The molecule has 0 saturated heterocycles. The van der Waals surface area contributed by atoms with Crippen molar-refractivity contribution in [1.82, 2.24) is 0 Å². The van der Waals surface area contributed by atoms with Crippen LogP contribution in [0.15, 0.2) is 74.3 Å². The van der Waals surface area contributed by atoms with Gasteiger partial charge in [-0.25, -0.2) is 0 Å². The van der Waals surface area contributed by atoms with Crippen molar-refractivity contribution in [2.24, 2.45) is 5.92 Å². The molecule has 4 aromatic rings. The van der Waals surface area contributed by atoms with Gasteiger partial charge in [0.15, 0.2) is 16.9 Å². The Kier molecular flexibility index (Phi) is 7.01. The van der Waals surface area contributed by atoms with E-state index in [0.29, 0.717) is 51.3 Å². The number of benzene rings is 3. The van der Waals surface area contributed by atoms with E-state index in [1.165, 1.54) is 0 Å². The Hall–Kier alpha value is -3.29. The fraction of sp³-hybridized carbons (Fsp3) is 0.241. The fourth-order valence-corrected chi connectivity index (χ4v) is 5.08. The van der Waals surface area contributed by atoms with E-state index in [9.17, 15) is 9.59 Å². The van der Waals surface area contributed by atoms with Gasteiger partial charge in [-0.3, -0.25) is 14.5 Å². The van der Waals surface area contributed by atoms with E-state index in [2.05, 4.69) is 29.8 Å². The van der Waals surface area contributed by atoms with Crippen LogP contribution >= 0.6 is 27.5 Å². The minimum Gasteiger partial charge on any atom is -0.493 e. The Morgan fingerprint density at radius 1 is 1.05 bits per heavy atom. The van der Waals surface area contributed by atoms with Crippen molar-refractivity contribution in [1.29, 1.82) is 0 Å². The highest BCUT2D eigenvalue weighted by Crippen LogP contribution is 2.43. The molecule has 0 saturated carbocycles. The maximum atomic E-state index is 13.8. The summed E-state index contributed by atoms with van der Waals surface area (Å²) in [6.45, 7) is 4.82. The third kappa shape index (κ3) is 4.74. The highest BCUT2D eigenvalue weighted by atomic mass is 79.9. The van der Waals surface area contributed by atoms with Crippen LogP contribution in [0.25, 0.3) is 11.0 Å². The highest BCUT2D eigenvalue weighted by molar-refractivity contribution is 9.10. The summed E-state index contributed by atoms with van der Waals surface area (Å²) >= 11 is 9.71. The molecule has 1 aliphatic rings. The van der Waals surface area contributed by atoms with Crippen LogP contribution in [0.5, 0.6) is 11.5 Å². The lowest BCUT2D eigenvalue weighted by molar-refractivity contribution is 0.0971. The van der Waals surface area contributed by atoms with E-state index in [0.717, 1.165) is 10.9 Å². The molecule has 0 radical (unpaired) electrons. The summed E-state index contributed by atoms with van der Waals surface area (Å²) in [7, 11) is 1.57. The molecule has 0 fully saturated rings. The number of halogens is 2. The molecule has 190 valence electrons. The molecule has 8 heteroatoms. The number of anilines is 1. The highest BCUT2D eigenvalue weighted by Gasteiger charge is 2.44. The SMILES string of the molecule is COc1cc(C2c3c(oc4ccc(Br)cc4c3=O)C(=O)N2c2cccc(Cl)c2)ccc1OCCC(C)C. The van der Waals surface area contributed by atoms with Crippen molar-refractivity contribution in [2.75, 3.05) is 18.6 Å². The van der Waals surface area contributed by atoms with Crippen molar-refractivity contribution in [2.45, 2.75) is 26.3 Å². The predicted molar refractivity (Wildman–Crippen MR) is 148 cm³/mol. The standard InChI is InChI=1S/C29H25BrClNO5/c1-16(2)11-12-36-23-9-7-17(13-24(23)35-3)26-25-27(33)21-14-18(30)8-10-22(21)37-28(25)29(34)32(26)20-6-4-5-19(31)15-20/h4-10,13-16,26H,11-12H2,1-3H3. The Balaban J connectivity index is 1.69. The molecule has 1 amide bonds. The van der Waals surface area contributed by atoms with Gasteiger partial charge in [-0.15, -0.1) is 0 Å². The van der Waals surface area contributed by atoms with Crippen LogP contribution < -0.4 is 19.8 Å². The van der Waals surface area contributed by atoms with E-state index >= 15 is 0 Å². The van der Waals surface area contributed by atoms with Gasteiger partial charge < -0.3 is 13.9 Å². The maximum absolute atomic E-state index is 13.8. The Bertz CT molecular complexity index is 1560. The van der Waals surface area contributed by atoms with Crippen molar-refractivity contribution in [3.63, 3.8) is 0 Å². The molecule has 1 aliphatic heterocycles. The molecule has 0 aliphatic carbocycles. The van der Waals surface area contributed by atoms with E-state index < -0.39 is 11.9 Å². The zero-order valence-electron chi connectivity index (χ0n) is 20.6. The van der Waals surface area contributed by atoms with Crippen molar-refractivity contribution >= 4 is 50.1 Å². The largest absolute Gasteiger partial charge is 0.493 e. The molecule has 0 spiro atoms.